The maximum absolute atomic E-state index is 12.1. The maximum atomic E-state index is 12.1. The number of hydrogen-bond donors (Lipinski definition) is 0. The standard InChI is InChI=1S/C22H20N2O4/c1-15-20(16(2)24(23-15)18-7-5-4-6-8-18)13-14-21(25)28-19-11-9-17(10-12-19)22(26)27-3/h4-14H,1-3H3/b14-13+. The largest absolute Gasteiger partial charge is 0.465 e. The number of hydrogen-bond acceptors (Lipinski definition) is 5. The van der Waals surface area contributed by atoms with Crippen molar-refractivity contribution in [3.8, 4) is 11.4 Å². The van der Waals surface area contributed by atoms with Crippen LogP contribution in [0.15, 0.2) is 60.7 Å². The summed E-state index contributed by atoms with van der Waals surface area (Å²) in [5, 5.41) is 4.55. The first-order valence-corrected chi connectivity index (χ1v) is 8.69. The minimum atomic E-state index is -0.517. The van der Waals surface area contributed by atoms with Gasteiger partial charge < -0.3 is 9.47 Å². The molecule has 28 heavy (non-hydrogen) atoms. The van der Waals surface area contributed by atoms with Crippen molar-refractivity contribution in [2.24, 2.45) is 0 Å². The Balaban J connectivity index is 1.72. The molecule has 0 aliphatic carbocycles. The normalized spacial score (nSPS) is 10.8. The molecule has 6 heteroatoms. The van der Waals surface area contributed by atoms with Gasteiger partial charge in [-0.15, -0.1) is 0 Å². The second kappa shape index (κ2) is 8.35. The van der Waals surface area contributed by atoms with Gasteiger partial charge >= 0.3 is 11.9 Å². The molecule has 3 aromatic rings. The third-order valence-corrected chi connectivity index (χ3v) is 4.23. The van der Waals surface area contributed by atoms with Crippen LogP contribution in [-0.4, -0.2) is 28.8 Å². The third kappa shape index (κ3) is 4.17. The molecule has 0 saturated heterocycles. The Labute approximate surface area is 163 Å². The number of carbonyl (C=O) groups is 2. The quantitative estimate of drug-likeness (QED) is 0.384. The lowest BCUT2D eigenvalue weighted by atomic mass is 10.2. The first-order valence-electron chi connectivity index (χ1n) is 8.69. The molecule has 0 fully saturated rings. The fraction of sp³-hybridized carbons (Fsp3) is 0.136. The van der Waals surface area contributed by atoms with E-state index in [1.807, 2.05) is 48.9 Å². The van der Waals surface area contributed by atoms with Crippen LogP contribution in [0.3, 0.4) is 0 Å². The van der Waals surface area contributed by atoms with E-state index in [-0.39, 0.29) is 0 Å². The maximum Gasteiger partial charge on any atom is 0.337 e. The van der Waals surface area contributed by atoms with Crippen LogP contribution in [0.1, 0.15) is 27.3 Å². The minimum Gasteiger partial charge on any atom is -0.465 e. The van der Waals surface area contributed by atoms with Crippen molar-refractivity contribution < 1.29 is 19.1 Å². The lowest BCUT2D eigenvalue weighted by Gasteiger charge is -2.04. The molecule has 0 radical (unpaired) electrons. The lowest BCUT2D eigenvalue weighted by molar-refractivity contribution is -0.128. The van der Waals surface area contributed by atoms with Crippen molar-refractivity contribution >= 4 is 18.0 Å². The van der Waals surface area contributed by atoms with Gasteiger partial charge in [-0.1, -0.05) is 18.2 Å². The van der Waals surface area contributed by atoms with E-state index in [4.69, 9.17) is 4.74 Å². The Bertz CT molecular complexity index is 1020. The molecule has 0 spiro atoms. The van der Waals surface area contributed by atoms with Gasteiger partial charge in [0.1, 0.15) is 5.75 Å². The van der Waals surface area contributed by atoms with E-state index in [2.05, 4.69) is 9.84 Å². The second-order valence-corrected chi connectivity index (χ2v) is 6.10. The number of para-hydroxylation sites is 1. The predicted octanol–water partition coefficient (Wildman–Crippen LogP) is 3.89. The SMILES string of the molecule is COC(=O)c1ccc(OC(=O)/C=C/c2c(C)nn(-c3ccccc3)c2C)cc1. The molecule has 0 atom stereocenters. The zero-order valence-electron chi connectivity index (χ0n) is 15.9. The second-order valence-electron chi connectivity index (χ2n) is 6.10. The number of rotatable bonds is 5. The highest BCUT2D eigenvalue weighted by Gasteiger charge is 2.11. The smallest absolute Gasteiger partial charge is 0.337 e. The number of carbonyl (C=O) groups excluding carboxylic acids is 2. The molecule has 0 aliphatic heterocycles. The molecule has 2 aromatic carbocycles. The highest BCUT2D eigenvalue weighted by atomic mass is 16.5. The summed E-state index contributed by atoms with van der Waals surface area (Å²) in [6.07, 6.45) is 3.06. The average Bonchev–Trinajstić information content (AvgIpc) is 3.00. The summed E-state index contributed by atoms with van der Waals surface area (Å²) in [6, 6.07) is 16.0. The fourth-order valence-corrected chi connectivity index (χ4v) is 2.80. The van der Waals surface area contributed by atoms with Crippen LogP contribution < -0.4 is 4.74 Å². The van der Waals surface area contributed by atoms with Crippen LogP contribution in [0, 0.1) is 13.8 Å². The molecule has 0 bridgehead atoms. The Morgan fingerprint density at radius 3 is 2.32 bits per heavy atom. The zero-order valence-corrected chi connectivity index (χ0v) is 15.9. The number of aromatic nitrogens is 2. The molecule has 0 aliphatic rings. The Morgan fingerprint density at radius 1 is 1.00 bits per heavy atom. The first kappa shape index (κ1) is 19.1. The van der Waals surface area contributed by atoms with Gasteiger partial charge in [0.15, 0.2) is 0 Å². The molecule has 0 amide bonds. The highest BCUT2D eigenvalue weighted by Crippen LogP contribution is 2.19. The number of aryl methyl sites for hydroxylation is 1. The molecule has 1 aromatic heterocycles. The molecular formula is C22H20N2O4. The summed E-state index contributed by atoms with van der Waals surface area (Å²) in [4.78, 5) is 23.6. The summed E-state index contributed by atoms with van der Waals surface area (Å²) < 4.78 is 11.7. The zero-order chi connectivity index (χ0) is 20.1. The summed E-state index contributed by atoms with van der Waals surface area (Å²) in [7, 11) is 1.31. The van der Waals surface area contributed by atoms with Gasteiger partial charge in [-0.2, -0.15) is 5.10 Å². The van der Waals surface area contributed by atoms with Gasteiger partial charge in [-0.25, -0.2) is 14.3 Å². The van der Waals surface area contributed by atoms with E-state index in [0.29, 0.717) is 11.3 Å². The van der Waals surface area contributed by atoms with Gasteiger partial charge in [-0.05, 0) is 56.3 Å². The number of esters is 2. The number of ether oxygens (including phenoxy) is 2. The molecule has 6 nitrogen and oxygen atoms in total. The summed E-state index contributed by atoms with van der Waals surface area (Å²) in [5.74, 6) is -0.619. The lowest BCUT2D eigenvalue weighted by Crippen LogP contribution is -2.05. The Morgan fingerprint density at radius 2 is 1.68 bits per heavy atom. The topological polar surface area (TPSA) is 70.4 Å². The first-order chi connectivity index (χ1) is 13.5. The third-order valence-electron chi connectivity index (χ3n) is 4.23. The molecule has 0 N–H and O–H groups in total. The molecule has 0 saturated carbocycles. The number of methoxy groups -OCH3 is 1. The van der Waals surface area contributed by atoms with E-state index in [9.17, 15) is 9.59 Å². The Kier molecular flexibility index (Phi) is 5.69. The van der Waals surface area contributed by atoms with E-state index in [1.165, 1.54) is 25.3 Å². The molecule has 3 rings (SSSR count). The Hall–Kier alpha value is -3.67. The van der Waals surface area contributed by atoms with Gasteiger partial charge in [0, 0.05) is 17.3 Å². The van der Waals surface area contributed by atoms with Crippen molar-refractivity contribution in [2.75, 3.05) is 7.11 Å². The van der Waals surface area contributed by atoms with Gasteiger partial charge in [0.25, 0.3) is 0 Å². The van der Waals surface area contributed by atoms with Crippen LogP contribution in [-0.2, 0) is 9.53 Å². The summed E-state index contributed by atoms with van der Waals surface area (Å²) in [6.45, 7) is 3.84. The number of benzene rings is 2. The van der Waals surface area contributed by atoms with Crippen molar-refractivity contribution in [1.29, 1.82) is 0 Å². The number of nitrogens with zero attached hydrogens (tertiary/aromatic N) is 2. The molecule has 1 heterocycles. The van der Waals surface area contributed by atoms with Crippen LogP contribution in [0.2, 0.25) is 0 Å². The average molecular weight is 376 g/mol. The van der Waals surface area contributed by atoms with Gasteiger partial charge in [0.05, 0.1) is 24.1 Å². The van der Waals surface area contributed by atoms with Crippen LogP contribution in [0.25, 0.3) is 11.8 Å². The van der Waals surface area contributed by atoms with E-state index in [0.717, 1.165) is 22.6 Å². The predicted molar refractivity (Wildman–Crippen MR) is 105 cm³/mol. The molecule has 0 unspecified atom stereocenters. The summed E-state index contributed by atoms with van der Waals surface area (Å²) >= 11 is 0. The van der Waals surface area contributed by atoms with Crippen LogP contribution in [0.4, 0.5) is 0 Å². The minimum absolute atomic E-state index is 0.343. The van der Waals surface area contributed by atoms with Crippen molar-refractivity contribution in [2.45, 2.75) is 13.8 Å². The van der Waals surface area contributed by atoms with Gasteiger partial charge in [-0.3, -0.25) is 0 Å². The van der Waals surface area contributed by atoms with Crippen molar-refractivity contribution in [3.05, 3.63) is 83.2 Å². The van der Waals surface area contributed by atoms with E-state index in [1.54, 1.807) is 18.2 Å². The molecular weight excluding hydrogens is 356 g/mol. The van der Waals surface area contributed by atoms with E-state index < -0.39 is 11.9 Å². The van der Waals surface area contributed by atoms with Gasteiger partial charge in [0.2, 0.25) is 0 Å². The van der Waals surface area contributed by atoms with E-state index >= 15 is 0 Å². The van der Waals surface area contributed by atoms with Crippen LogP contribution >= 0.6 is 0 Å². The fourth-order valence-electron chi connectivity index (χ4n) is 2.80. The van der Waals surface area contributed by atoms with Crippen LogP contribution in [0.5, 0.6) is 5.75 Å². The summed E-state index contributed by atoms with van der Waals surface area (Å²) in [5.41, 5.74) is 3.94. The highest BCUT2D eigenvalue weighted by molar-refractivity contribution is 5.90. The van der Waals surface area contributed by atoms with Crippen molar-refractivity contribution in [1.82, 2.24) is 9.78 Å². The van der Waals surface area contributed by atoms with Crippen molar-refractivity contribution in [3.63, 3.8) is 0 Å². The molecule has 142 valence electrons. The monoisotopic (exact) mass is 376 g/mol.